The molecule has 0 bridgehead atoms. The van der Waals surface area contributed by atoms with Crippen LogP contribution in [0.3, 0.4) is 0 Å². The molecule has 0 aromatic heterocycles. The predicted molar refractivity (Wildman–Crippen MR) is 110 cm³/mol. The van der Waals surface area contributed by atoms with Gasteiger partial charge in [0.25, 0.3) is 0 Å². The molecule has 0 unspecified atom stereocenters. The number of nitrogens with zero attached hydrogens (tertiary/aromatic N) is 3. The molecule has 24 heavy (non-hydrogen) atoms. The molecule has 3 rings (SSSR count). The standard InChI is InChI=1S/C18H28N4O.HI/c1-21-13-10-20-18(21)19-9-8-16-4-6-17(7-5-16)23-15-14-22-11-2-3-12-22;/h4-7H,2-3,8-15H2,1H3,(H,19,20);1H. The fourth-order valence-electron chi connectivity index (χ4n) is 3.09. The van der Waals surface area contributed by atoms with E-state index in [1.165, 1.54) is 31.5 Å². The van der Waals surface area contributed by atoms with Gasteiger partial charge in [-0.1, -0.05) is 12.1 Å². The van der Waals surface area contributed by atoms with Crippen LogP contribution in [-0.2, 0) is 6.42 Å². The predicted octanol–water partition coefficient (Wildman–Crippen LogP) is 2.21. The highest BCUT2D eigenvalue weighted by atomic mass is 127. The van der Waals surface area contributed by atoms with Gasteiger partial charge in [0.05, 0.1) is 6.54 Å². The smallest absolute Gasteiger partial charge is 0.193 e. The molecule has 1 fully saturated rings. The Hall–Kier alpha value is -1.02. The highest BCUT2D eigenvalue weighted by Crippen LogP contribution is 2.13. The van der Waals surface area contributed by atoms with Crippen molar-refractivity contribution in [3.63, 3.8) is 0 Å². The lowest BCUT2D eigenvalue weighted by Gasteiger charge is -2.16. The van der Waals surface area contributed by atoms with Crippen LogP contribution < -0.4 is 10.1 Å². The van der Waals surface area contributed by atoms with Crippen LogP contribution >= 0.6 is 24.0 Å². The molecule has 0 atom stereocenters. The average molecular weight is 444 g/mol. The van der Waals surface area contributed by atoms with E-state index in [1.54, 1.807) is 0 Å². The van der Waals surface area contributed by atoms with Gasteiger partial charge in [0, 0.05) is 26.7 Å². The first-order valence-electron chi connectivity index (χ1n) is 8.75. The van der Waals surface area contributed by atoms with Crippen LogP contribution in [0, 0.1) is 0 Å². The van der Waals surface area contributed by atoms with Crippen LogP contribution in [0.5, 0.6) is 5.75 Å². The fourth-order valence-corrected chi connectivity index (χ4v) is 3.09. The minimum Gasteiger partial charge on any atom is -0.492 e. The second-order valence-electron chi connectivity index (χ2n) is 6.34. The molecule has 2 heterocycles. The number of benzene rings is 1. The Balaban J connectivity index is 0.00000208. The summed E-state index contributed by atoms with van der Waals surface area (Å²) < 4.78 is 5.84. The SMILES string of the molecule is CN1CCN=C1NCCc1ccc(OCCN2CCCC2)cc1.I. The van der Waals surface area contributed by atoms with Crippen molar-refractivity contribution in [3.8, 4) is 5.75 Å². The van der Waals surface area contributed by atoms with Crippen LogP contribution in [0.25, 0.3) is 0 Å². The summed E-state index contributed by atoms with van der Waals surface area (Å²) in [5.41, 5.74) is 1.32. The van der Waals surface area contributed by atoms with Crippen molar-refractivity contribution in [2.75, 3.05) is 52.9 Å². The number of ether oxygens (including phenoxy) is 1. The van der Waals surface area contributed by atoms with Gasteiger partial charge in [0.1, 0.15) is 12.4 Å². The highest BCUT2D eigenvalue weighted by molar-refractivity contribution is 14.0. The number of halogens is 1. The van der Waals surface area contributed by atoms with Gasteiger partial charge in [-0.25, -0.2) is 0 Å². The van der Waals surface area contributed by atoms with Gasteiger partial charge in [-0.3, -0.25) is 9.89 Å². The molecule has 0 saturated carbocycles. The first kappa shape index (κ1) is 19.3. The topological polar surface area (TPSA) is 40.1 Å². The first-order chi connectivity index (χ1) is 11.3. The molecule has 2 aliphatic heterocycles. The fraction of sp³-hybridized carbons (Fsp3) is 0.611. The number of hydrogen-bond donors (Lipinski definition) is 1. The Morgan fingerprint density at radius 2 is 1.88 bits per heavy atom. The summed E-state index contributed by atoms with van der Waals surface area (Å²) in [6.07, 6.45) is 3.68. The van der Waals surface area contributed by atoms with E-state index in [0.717, 1.165) is 50.9 Å². The van der Waals surface area contributed by atoms with E-state index in [9.17, 15) is 0 Å². The molecule has 1 saturated heterocycles. The molecular formula is C18H29IN4O. The van der Waals surface area contributed by atoms with Crippen molar-refractivity contribution < 1.29 is 4.74 Å². The third-order valence-corrected chi connectivity index (χ3v) is 4.55. The summed E-state index contributed by atoms with van der Waals surface area (Å²) in [7, 11) is 2.08. The normalized spacial score (nSPS) is 17.5. The molecule has 1 N–H and O–H groups in total. The minimum atomic E-state index is 0. The Kier molecular flexibility index (Phi) is 8.11. The second-order valence-corrected chi connectivity index (χ2v) is 6.34. The number of likely N-dealkylation sites (tertiary alicyclic amines) is 1. The highest BCUT2D eigenvalue weighted by Gasteiger charge is 2.11. The lowest BCUT2D eigenvalue weighted by molar-refractivity contribution is 0.238. The number of aliphatic imine (C=N–C) groups is 1. The molecule has 6 heteroatoms. The Labute approximate surface area is 162 Å². The van der Waals surface area contributed by atoms with Gasteiger partial charge < -0.3 is 15.0 Å². The third kappa shape index (κ3) is 5.81. The lowest BCUT2D eigenvalue weighted by Crippen LogP contribution is -2.36. The van der Waals surface area contributed by atoms with Gasteiger partial charge in [-0.2, -0.15) is 0 Å². The quantitative estimate of drug-likeness (QED) is 0.655. The van der Waals surface area contributed by atoms with Crippen LogP contribution in [0.2, 0.25) is 0 Å². The third-order valence-electron chi connectivity index (χ3n) is 4.55. The number of hydrogen-bond acceptors (Lipinski definition) is 5. The summed E-state index contributed by atoms with van der Waals surface area (Å²) in [6.45, 7) is 7.13. The van der Waals surface area contributed by atoms with Gasteiger partial charge in [0.2, 0.25) is 0 Å². The summed E-state index contributed by atoms with van der Waals surface area (Å²) in [5, 5.41) is 3.40. The van der Waals surface area contributed by atoms with Crippen LogP contribution in [0.15, 0.2) is 29.3 Å². The summed E-state index contributed by atoms with van der Waals surface area (Å²) in [5.74, 6) is 1.99. The van der Waals surface area contributed by atoms with Crippen molar-refractivity contribution in [2.45, 2.75) is 19.3 Å². The van der Waals surface area contributed by atoms with Crippen LogP contribution in [-0.4, -0.2) is 68.7 Å². The van der Waals surface area contributed by atoms with E-state index in [-0.39, 0.29) is 24.0 Å². The number of rotatable bonds is 7. The molecule has 0 amide bonds. The number of likely N-dealkylation sites (N-methyl/N-ethyl adjacent to an activating group) is 1. The van der Waals surface area contributed by atoms with E-state index in [4.69, 9.17) is 4.74 Å². The van der Waals surface area contributed by atoms with Crippen molar-refractivity contribution >= 4 is 29.9 Å². The monoisotopic (exact) mass is 444 g/mol. The molecule has 2 aliphatic rings. The Morgan fingerprint density at radius 3 is 2.54 bits per heavy atom. The maximum absolute atomic E-state index is 5.84. The maximum Gasteiger partial charge on any atom is 0.193 e. The Bertz CT molecular complexity index is 514. The summed E-state index contributed by atoms with van der Waals surface area (Å²) in [4.78, 5) is 9.07. The van der Waals surface area contributed by atoms with E-state index in [0.29, 0.717) is 0 Å². The molecule has 0 spiro atoms. The largest absolute Gasteiger partial charge is 0.492 e. The number of nitrogens with one attached hydrogen (secondary N) is 1. The average Bonchev–Trinajstić information content (AvgIpc) is 3.21. The molecule has 5 nitrogen and oxygen atoms in total. The number of guanidine groups is 1. The van der Waals surface area contributed by atoms with Crippen molar-refractivity contribution in [2.24, 2.45) is 4.99 Å². The summed E-state index contributed by atoms with van der Waals surface area (Å²) >= 11 is 0. The molecule has 1 aromatic carbocycles. The van der Waals surface area contributed by atoms with E-state index in [2.05, 4.69) is 51.4 Å². The van der Waals surface area contributed by atoms with Crippen molar-refractivity contribution in [3.05, 3.63) is 29.8 Å². The van der Waals surface area contributed by atoms with Crippen LogP contribution in [0.4, 0.5) is 0 Å². The van der Waals surface area contributed by atoms with Gasteiger partial charge in [0.15, 0.2) is 5.96 Å². The van der Waals surface area contributed by atoms with E-state index < -0.39 is 0 Å². The van der Waals surface area contributed by atoms with Crippen LogP contribution in [0.1, 0.15) is 18.4 Å². The van der Waals surface area contributed by atoms with Gasteiger partial charge >= 0.3 is 0 Å². The minimum absolute atomic E-state index is 0. The first-order valence-corrected chi connectivity index (χ1v) is 8.75. The lowest BCUT2D eigenvalue weighted by atomic mass is 10.1. The van der Waals surface area contributed by atoms with E-state index >= 15 is 0 Å². The molecule has 0 radical (unpaired) electrons. The molecular weight excluding hydrogens is 415 g/mol. The zero-order valence-corrected chi connectivity index (χ0v) is 16.9. The second kappa shape index (κ2) is 10.1. The van der Waals surface area contributed by atoms with Crippen molar-refractivity contribution in [1.29, 1.82) is 0 Å². The Morgan fingerprint density at radius 1 is 1.12 bits per heavy atom. The van der Waals surface area contributed by atoms with Crippen molar-refractivity contribution in [1.82, 2.24) is 15.1 Å². The molecule has 134 valence electrons. The van der Waals surface area contributed by atoms with Gasteiger partial charge in [-0.15, -0.1) is 24.0 Å². The molecule has 0 aliphatic carbocycles. The maximum atomic E-state index is 5.84. The zero-order chi connectivity index (χ0) is 15.9. The summed E-state index contributed by atoms with van der Waals surface area (Å²) in [6, 6.07) is 8.48. The molecule has 1 aromatic rings. The zero-order valence-electron chi connectivity index (χ0n) is 14.5. The van der Waals surface area contributed by atoms with Gasteiger partial charge in [-0.05, 0) is 50.0 Å². The van der Waals surface area contributed by atoms with E-state index in [1.807, 2.05) is 0 Å².